The third-order valence-corrected chi connectivity index (χ3v) is 5.58. The minimum Gasteiger partial charge on any atom is -0.490 e. The minimum absolute atomic E-state index is 0.227. The number of nitrogens with zero attached hydrogens (tertiary/aromatic N) is 5. The van der Waals surface area contributed by atoms with Crippen LogP contribution < -0.4 is 9.64 Å². The number of esters is 1. The highest BCUT2D eigenvalue weighted by Gasteiger charge is 2.09. The zero-order valence-electron chi connectivity index (χ0n) is 21.0. The lowest BCUT2D eigenvalue weighted by atomic mass is 10.2. The van der Waals surface area contributed by atoms with E-state index in [9.17, 15) is 4.79 Å². The summed E-state index contributed by atoms with van der Waals surface area (Å²) in [7, 11) is 0. The number of benzene rings is 3. The molecule has 3 aromatic carbocycles. The number of ether oxygens (including phenoxy) is 3. The van der Waals surface area contributed by atoms with Crippen LogP contribution >= 0.6 is 0 Å². The lowest BCUT2D eigenvalue weighted by Gasteiger charge is -2.21. The number of rotatable bonds is 10. The van der Waals surface area contributed by atoms with E-state index in [0.29, 0.717) is 36.9 Å². The highest BCUT2D eigenvalue weighted by molar-refractivity contribution is 5.68. The van der Waals surface area contributed by atoms with Crippen molar-refractivity contribution in [3.05, 3.63) is 72.8 Å². The molecule has 9 heteroatoms. The van der Waals surface area contributed by atoms with Crippen LogP contribution in [0.15, 0.2) is 93.3 Å². The molecule has 0 saturated carbocycles. The number of hydrogen-bond acceptors (Lipinski definition) is 9. The standard InChI is InChI=1S/C28H31N5O4/c1-2-28(34)37-20-19-36-27-15-11-25(12-16-27)32-30-23-7-5-22(6-8-23)29-31-24-9-13-26(14-10-24)33-17-3-4-18-35-21-33/h5-16H,2-4,17-21H2,1H3. The van der Waals surface area contributed by atoms with Crippen LogP contribution in [0.3, 0.4) is 0 Å². The predicted octanol–water partition coefficient (Wildman–Crippen LogP) is 7.42. The smallest absolute Gasteiger partial charge is 0.305 e. The average Bonchev–Trinajstić information content (AvgIpc) is 3.24. The van der Waals surface area contributed by atoms with E-state index in [1.807, 2.05) is 48.5 Å². The van der Waals surface area contributed by atoms with E-state index in [-0.39, 0.29) is 12.6 Å². The largest absolute Gasteiger partial charge is 0.490 e. The Kier molecular flexibility index (Phi) is 9.71. The molecule has 9 nitrogen and oxygen atoms in total. The molecule has 0 amide bonds. The number of carbonyl (C=O) groups excluding carboxylic acids is 1. The van der Waals surface area contributed by atoms with Crippen molar-refractivity contribution < 1.29 is 19.0 Å². The second kappa shape index (κ2) is 13.8. The van der Waals surface area contributed by atoms with Gasteiger partial charge in [-0.25, -0.2) is 0 Å². The van der Waals surface area contributed by atoms with Crippen LogP contribution in [0.25, 0.3) is 0 Å². The Labute approximate surface area is 216 Å². The summed E-state index contributed by atoms with van der Waals surface area (Å²) in [5, 5.41) is 17.2. The summed E-state index contributed by atoms with van der Waals surface area (Å²) in [4.78, 5) is 13.4. The second-order valence-corrected chi connectivity index (χ2v) is 8.36. The Hall–Kier alpha value is -4.11. The zero-order chi connectivity index (χ0) is 25.7. The van der Waals surface area contributed by atoms with E-state index < -0.39 is 0 Å². The lowest BCUT2D eigenvalue weighted by molar-refractivity contribution is -0.143. The molecule has 0 spiro atoms. The van der Waals surface area contributed by atoms with E-state index in [1.54, 1.807) is 19.1 Å². The summed E-state index contributed by atoms with van der Waals surface area (Å²) < 4.78 is 16.2. The molecule has 1 aliphatic rings. The Morgan fingerprint density at radius 2 is 1.32 bits per heavy atom. The molecule has 0 bridgehead atoms. The van der Waals surface area contributed by atoms with Crippen LogP contribution in [0.4, 0.5) is 28.4 Å². The maximum atomic E-state index is 11.1. The number of anilines is 1. The van der Waals surface area contributed by atoms with E-state index in [2.05, 4.69) is 37.5 Å². The Morgan fingerprint density at radius 1 is 0.784 bits per heavy atom. The van der Waals surface area contributed by atoms with Gasteiger partial charge in [0.2, 0.25) is 0 Å². The van der Waals surface area contributed by atoms with Crippen LogP contribution in [0.2, 0.25) is 0 Å². The topological polar surface area (TPSA) is 97.4 Å². The lowest BCUT2D eigenvalue weighted by Crippen LogP contribution is -2.24. The molecule has 0 N–H and O–H groups in total. The van der Waals surface area contributed by atoms with Crippen molar-refractivity contribution in [2.24, 2.45) is 20.5 Å². The Morgan fingerprint density at radius 3 is 1.89 bits per heavy atom. The molecule has 1 aliphatic heterocycles. The monoisotopic (exact) mass is 501 g/mol. The van der Waals surface area contributed by atoms with Gasteiger partial charge in [0, 0.05) is 25.3 Å². The van der Waals surface area contributed by atoms with Crippen molar-refractivity contribution in [2.75, 3.05) is 38.0 Å². The van der Waals surface area contributed by atoms with E-state index in [1.165, 1.54) is 0 Å². The molecular formula is C28H31N5O4. The molecule has 0 unspecified atom stereocenters. The van der Waals surface area contributed by atoms with Gasteiger partial charge in [-0.3, -0.25) is 4.79 Å². The van der Waals surface area contributed by atoms with Crippen molar-refractivity contribution >= 4 is 34.4 Å². The fourth-order valence-corrected chi connectivity index (χ4v) is 3.52. The molecule has 192 valence electrons. The summed E-state index contributed by atoms with van der Waals surface area (Å²) in [6.45, 7) is 4.74. The molecule has 0 aromatic heterocycles. The molecule has 0 aliphatic carbocycles. The van der Waals surface area contributed by atoms with Gasteiger partial charge in [0.1, 0.15) is 25.7 Å². The highest BCUT2D eigenvalue weighted by Crippen LogP contribution is 2.26. The van der Waals surface area contributed by atoms with Gasteiger partial charge in [-0.2, -0.15) is 20.5 Å². The van der Waals surface area contributed by atoms with Gasteiger partial charge in [-0.05, 0) is 85.6 Å². The first kappa shape index (κ1) is 26.0. The Balaban J connectivity index is 1.25. The molecule has 0 radical (unpaired) electrons. The quantitative estimate of drug-likeness (QED) is 0.163. The van der Waals surface area contributed by atoms with E-state index >= 15 is 0 Å². The summed E-state index contributed by atoms with van der Waals surface area (Å²) in [5.41, 5.74) is 4.06. The van der Waals surface area contributed by atoms with Gasteiger partial charge in [0.05, 0.1) is 22.7 Å². The van der Waals surface area contributed by atoms with Gasteiger partial charge in [0.15, 0.2) is 0 Å². The summed E-state index contributed by atoms with van der Waals surface area (Å²) in [5.74, 6) is 0.437. The molecule has 1 saturated heterocycles. The Bertz CT molecular complexity index is 1170. The number of carbonyl (C=O) groups is 1. The first-order valence-electron chi connectivity index (χ1n) is 12.4. The van der Waals surface area contributed by atoms with Gasteiger partial charge in [-0.15, -0.1) is 0 Å². The summed E-state index contributed by atoms with van der Waals surface area (Å²) in [6, 6.07) is 22.6. The van der Waals surface area contributed by atoms with Gasteiger partial charge in [-0.1, -0.05) is 6.92 Å². The van der Waals surface area contributed by atoms with Crippen LogP contribution in [-0.2, 0) is 14.3 Å². The maximum Gasteiger partial charge on any atom is 0.305 e. The van der Waals surface area contributed by atoms with Gasteiger partial charge < -0.3 is 19.1 Å². The average molecular weight is 502 g/mol. The molecule has 1 fully saturated rings. The normalized spacial score (nSPS) is 14.1. The summed E-state index contributed by atoms with van der Waals surface area (Å²) in [6.07, 6.45) is 2.60. The van der Waals surface area contributed by atoms with E-state index in [0.717, 1.165) is 43.1 Å². The second-order valence-electron chi connectivity index (χ2n) is 8.36. The van der Waals surface area contributed by atoms with Crippen LogP contribution in [0, 0.1) is 0 Å². The first-order chi connectivity index (χ1) is 18.2. The van der Waals surface area contributed by atoms with Crippen molar-refractivity contribution in [1.29, 1.82) is 0 Å². The molecule has 1 heterocycles. The maximum absolute atomic E-state index is 11.1. The zero-order valence-corrected chi connectivity index (χ0v) is 21.0. The van der Waals surface area contributed by atoms with E-state index in [4.69, 9.17) is 14.2 Å². The SMILES string of the molecule is CCC(=O)OCCOc1ccc(N=Nc2ccc(N=Nc3ccc(N4CCCCOC4)cc3)cc2)cc1. The number of hydrogen-bond donors (Lipinski definition) is 0. The van der Waals surface area contributed by atoms with Crippen LogP contribution in [0.1, 0.15) is 26.2 Å². The van der Waals surface area contributed by atoms with Crippen molar-refractivity contribution in [3.63, 3.8) is 0 Å². The first-order valence-corrected chi connectivity index (χ1v) is 12.4. The van der Waals surface area contributed by atoms with Gasteiger partial charge >= 0.3 is 5.97 Å². The van der Waals surface area contributed by atoms with Crippen molar-refractivity contribution in [2.45, 2.75) is 26.2 Å². The van der Waals surface area contributed by atoms with Crippen molar-refractivity contribution in [1.82, 2.24) is 0 Å². The molecule has 3 aromatic rings. The third kappa shape index (κ3) is 8.50. The van der Waals surface area contributed by atoms with Crippen LogP contribution in [-0.4, -0.2) is 39.1 Å². The molecule has 4 rings (SSSR count). The summed E-state index contributed by atoms with van der Waals surface area (Å²) >= 11 is 0. The fourth-order valence-electron chi connectivity index (χ4n) is 3.52. The van der Waals surface area contributed by atoms with Crippen molar-refractivity contribution in [3.8, 4) is 5.75 Å². The molecule has 0 atom stereocenters. The van der Waals surface area contributed by atoms with Crippen LogP contribution in [0.5, 0.6) is 5.75 Å². The highest BCUT2D eigenvalue weighted by atomic mass is 16.6. The van der Waals surface area contributed by atoms with Gasteiger partial charge in [0.25, 0.3) is 0 Å². The number of azo groups is 2. The predicted molar refractivity (Wildman–Crippen MR) is 142 cm³/mol. The molecule has 37 heavy (non-hydrogen) atoms. The molecular weight excluding hydrogens is 470 g/mol. The third-order valence-electron chi connectivity index (χ3n) is 5.58. The fraction of sp³-hybridized carbons (Fsp3) is 0.321. The minimum atomic E-state index is -0.236.